The van der Waals surface area contributed by atoms with Crippen molar-refractivity contribution in [1.29, 1.82) is 0 Å². The Morgan fingerprint density at radius 2 is 2.00 bits per heavy atom. The van der Waals surface area contributed by atoms with E-state index in [2.05, 4.69) is 17.2 Å². The summed E-state index contributed by atoms with van der Waals surface area (Å²) >= 11 is 11.9. The predicted molar refractivity (Wildman–Crippen MR) is 79.9 cm³/mol. The van der Waals surface area contributed by atoms with Gasteiger partial charge < -0.3 is 5.32 Å². The quantitative estimate of drug-likeness (QED) is 0.798. The number of aromatic nitrogens is 1. The average Bonchev–Trinajstić information content (AvgIpc) is 2.36. The normalized spacial score (nSPS) is 11.0. The Morgan fingerprint density at radius 3 is 2.63 bits per heavy atom. The Balaban J connectivity index is 2.75. The Hall–Kier alpha value is -1.06. The Bertz CT molecular complexity index is 614. The van der Waals surface area contributed by atoms with Crippen LogP contribution in [0.1, 0.15) is 26.0 Å². The first-order chi connectivity index (χ1) is 9.08. The Kier molecular flexibility index (Phi) is 4.48. The molecule has 0 spiro atoms. The second-order valence-electron chi connectivity index (χ2n) is 4.32. The molecule has 0 bridgehead atoms. The van der Waals surface area contributed by atoms with Gasteiger partial charge in [0.05, 0.1) is 15.6 Å². The highest BCUT2D eigenvalue weighted by Gasteiger charge is 2.15. The number of pyridine rings is 1. The summed E-state index contributed by atoms with van der Waals surface area (Å²) in [5.74, 6) is -0.597. The summed E-state index contributed by atoms with van der Waals surface area (Å²) in [4.78, 5) is 4.50. The van der Waals surface area contributed by atoms with Gasteiger partial charge in [-0.25, -0.2) is 4.39 Å². The van der Waals surface area contributed by atoms with E-state index in [9.17, 15) is 4.39 Å². The first-order valence-corrected chi connectivity index (χ1v) is 7.05. The Morgan fingerprint density at radius 1 is 1.26 bits per heavy atom. The van der Waals surface area contributed by atoms with Crippen molar-refractivity contribution < 1.29 is 4.39 Å². The molecule has 5 heteroatoms. The molecule has 0 saturated heterocycles. The molecule has 0 aliphatic carbocycles. The second kappa shape index (κ2) is 5.93. The zero-order chi connectivity index (χ0) is 14.0. The molecule has 1 aromatic heterocycles. The van der Waals surface area contributed by atoms with Crippen molar-refractivity contribution in [3.8, 4) is 0 Å². The van der Waals surface area contributed by atoms with E-state index >= 15 is 0 Å². The van der Waals surface area contributed by atoms with Gasteiger partial charge in [-0.3, -0.25) is 4.98 Å². The number of fused-ring (bicyclic) bond motifs is 1. The smallest absolute Gasteiger partial charge is 0.161 e. The molecule has 0 aliphatic heterocycles. The highest BCUT2D eigenvalue weighted by Crippen LogP contribution is 2.36. The summed E-state index contributed by atoms with van der Waals surface area (Å²) in [5, 5.41) is 3.81. The number of aryl methyl sites for hydroxylation is 1. The molecule has 19 heavy (non-hydrogen) atoms. The summed E-state index contributed by atoms with van der Waals surface area (Å²) in [6.45, 7) is 4.79. The van der Waals surface area contributed by atoms with Crippen molar-refractivity contribution in [2.24, 2.45) is 0 Å². The molecule has 0 amide bonds. The second-order valence-corrected chi connectivity index (χ2v) is 5.11. The lowest BCUT2D eigenvalue weighted by Crippen LogP contribution is -2.02. The van der Waals surface area contributed by atoms with Gasteiger partial charge in [-0.2, -0.15) is 0 Å². The van der Waals surface area contributed by atoms with Crippen LogP contribution in [0.2, 0.25) is 10.0 Å². The minimum atomic E-state index is -0.597. The van der Waals surface area contributed by atoms with E-state index in [0.717, 1.165) is 30.8 Å². The van der Waals surface area contributed by atoms with Crippen molar-refractivity contribution in [3.05, 3.63) is 33.7 Å². The van der Waals surface area contributed by atoms with Crippen molar-refractivity contribution in [2.45, 2.75) is 26.7 Å². The first-order valence-electron chi connectivity index (χ1n) is 6.29. The third-order valence-corrected chi connectivity index (χ3v) is 3.49. The third-order valence-electron chi connectivity index (χ3n) is 2.86. The van der Waals surface area contributed by atoms with E-state index in [1.807, 2.05) is 13.0 Å². The SMILES string of the molecule is CCCc1cc(NCC)c2c(Cl)c(F)c(Cl)cc2n1. The fourth-order valence-electron chi connectivity index (χ4n) is 2.07. The summed E-state index contributed by atoms with van der Waals surface area (Å²) in [5.41, 5.74) is 2.37. The molecule has 2 aromatic rings. The van der Waals surface area contributed by atoms with Gasteiger partial charge in [0.25, 0.3) is 0 Å². The number of rotatable bonds is 4. The van der Waals surface area contributed by atoms with E-state index in [1.165, 1.54) is 6.07 Å². The molecule has 0 fully saturated rings. The third kappa shape index (κ3) is 2.77. The van der Waals surface area contributed by atoms with Crippen molar-refractivity contribution in [2.75, 3.05) is 11.9 Å². The maximum absolute atomic E-state index is 13.8. The fourth-order valence-corrected chi connectivity index (χ4v) is 2.61. The van der Waals surface area contributed by atoms with Crippen molar-refractivity contribution in [3.63, 3.8) is 0 Å². The zero-order valence-electron chi connectivity index (χ0n) is 10.9. The molecule has 1 aromatic carbocycles. The van der Waals surface area contributed by atoms with Crippen LogP contribution in [-0.4, -0.2) is 11.5 Å². The topological polar surface area (TPSA) is 24.9 Å². The van der Waals surface area contributed by atoms with Crippen LogP contribution in [0.25, 0.3) is 10.9 Å². The molecular weight excluding hydrogens is 286 g/mol. The van der Waals surface area contributed by atoms with Gasteiger partial charge in [0, 0.05) is 23.3 Å². The van der Waals surface area contributed by atoms with E-state index in [-0.39, 0.29) is 10.0 Å². The number of nitrogens with one attached hydrogen (secondary N) is 1. The fraction of sp³-hybridized carbons (Fsp3) is 0.357. The summed E-state index contributed by atoms with van der Waals surface area (Å²) in [6, 6.07) is 3.45. The largest absolute Gasteiger partial charge is 0.385 e. The number of hydrogen-bond acceptors (Lipinski definition) is 2. The molecule has 0 unspecified atom stereocenters. The van der Waals surface area contributed by atoms with Crippen LogP contribution in [0.4, 0.5) is 10.1 Å². The maximum Gasteiger partial charge on any atom is 0.161 e. The van der Waals surface area contributed by atoms with Crippen LogP contribution in [0.3, 0.4) is 0 Å². The van der Waals surface area contributed by atoms with Crippen molar-refractivity contribution in [1.82, 2.24) is 4.98 Å². The molecule has 0 saturated carbocycles. The average molecular weight is 301 g/mol. The molecule has 2 nitrogen and oxygen atoms in total. The lowest BCUT2D eigenvalue weighted by molar-refractivity contribution is 0.630. The standard InChI is InChI=1S/C14H15Cl2FN2/c1-3-5-8-6-10(18-4-2)12-11(19-8)7-9(15)14(17)13(12)16/h6-7H,3-5H2,1-2H3,(H,18,19). The van der Waals surface area contributed by atoms with Gasteiger partial charge in [0.1, 0.15) is 0 Å². The molecular formula is C14H15Cl2FN2. The van der Waals surface area contributed by atoms with Gasteiger partial charge in [0.2, 0.25) is 0 Å². The molecule has 0 aliphatic rings. The lowest BCUT2D eigenvalue weighted by atomic mass is 10.1. The summed E-state index contributed by atoms with van der Waals surface area (Å²) < 4.78 is 13.8. The number of hydrogen-bond donors (Lipinski definition) is 1. The van der Waals surface area contributed by atoms with Crippen LogP contribution in [0.5, 0.6) is 0 Å². The van der Waals surface area contributed by atoms with Gasteiger partial charge in [0.15, 0.2) is 5.82 Å². The molecule has 1 heterocycles. The predicted octanol–water partition coefficient (Wildman–Crippen LogP) is 5.07. The minimum absolute atomic E-state index is 0.00102. The number of halogens is 3. The highest BCUT2D eigenvalue weighted by molar-refractivity contribution is 6.39. The molecule has 0 radical (unpaired) electrons. The van der Waals surface area contributed by atoms with E-state index < -0.39 is 5.82 Å². The molecule has 1 N–H and O–H groups in total. The van der Waals surface area contributed by atoms with Crippen LogP contribution in [-0.2, 0) is 6.42 Å². The minimum Gasteiger partial charge on any atom is -0.385 e. The number of anilines is 1. The molecule has 102 valence electrons. The Labute approximate surface area is 121 Å². The number of nitrogens with zero attached hydrogens (tertiary/aromatic N) is 1. The van der Waals surface area contributed by atoms with Crippen LogP contribution in [0, 0.1) is 5.82 Å². The van der Waals surface area contributed by atoms with Gasteiger partial charge in [-0.1, -0.05) is 36.5 Å². The van der Waals surface area contributed by atoms with Gasteiger partial charge >= 0.3 is 0 Å². The van der Waals surface area contributed by atoms with E-state index in [4.69, 9.17) is 23.2 Å². The molecule has 2 rings (SSSR count). The van der Waals surface area contributed by atoms with Crippen LogP contribution < -0.4 is 5.32 Å². The summed E-state index contributed by atoms with van der Waals surface area (Å²) in [7, 11) is 0. The zero-order valence-corrected chi connectivity index (χ0v) is 12.4. The van der Waals surface area contributed by atoms with Gasteiger partial charge in [-0.15, -0.1) is 0 Å². The monoisotopic (exact) mass is 300 g/mol. The highest BCUT2D eigenvalue weighted by atomic mass is 35.5. The first kappa shape index (κ1) is 14.4. The van der Waals surface area contributed by atoms with Gasteiger partial charge in [-0.05, 0) is 25.5 Å². The van der Waals surface area contributed by atoms with Crippen LogP contribution in [0.15, 0.2) is 12.1 Å². The van der Waals surface area contributed by atoms with Crippen molar-refractivity contribution >= 4 is 39.8 Å². The van der Waals surface area contributed by atoms with E-state index in [0.29, 0.717) is 10.9 Å². The lowest BCUT2D eigenvalue weighted by Gasteiger charge is -2.12. The number of benzene rings is 1. The maximum atomic E-state index is 13.8. The van der Waals surface area contributed by atoms with E-state index in [1.54, 1.807) is 0 Å². The molecule has 0 atom stereocenters. The van der Waals surface area contributed by atoms with Crippen LogP contribution >= 0.6 is 23.2 Å². The summed E-state index contributed by atoms with van der Waals surface area (Å²) in [6.07, 6.45) is 1.85.